The predicted octanol–water partition coefficient (Wildman–Crippen LogP) is 4.96. The summed E-state index contributed by atoms with van der Waals surface area (Å²) in [6, 6.07) is 14.6. The molecule has 0 amide bonds. The average molecular weight is 428 g/mol. The Kier molecular flexibility index (Phi) is 5.33. The topological polar surface area (TPSA) is 37.4 Å². The van der Waals surface area contributed by atoms with Crippen LogP contribution < -0.4 is 0 Å². The largest absolute Gasteiger partial charge is 0.243 e. The summed E-state index contributed by atoms with van der Waals surface area (Å²) in [4.78, 5) is 2.37. The summed E-state index contributed by atoms with van der Waals surface area (Å²) in [6.45, 7) is 0.766. The van der Waals surface area contributed by atoms with Crippen molar-refractivity contribution in [2.45, 2.75) is 18.0 Å². The number of rotatable bonds is 6. The van der Waals surface area contributed by atoms with Gasteiger partial charge in [-0.3, -0.25) is 0 Å². The van der Waals surface area contributed by atoms with Crippen LogP contribution in [-0.4, -0.2) is 12.7 Å². The fraction of sp³-hybridized carbons (Fsp3) is 0.125. The van der Waals surface area contributed by atoms with E-state index in [0.29, 0.717) is 18.0 Å². The number of thiophene rings is 2. The summed E-state index contributed by atoms with van der Waals surface area (Å²) in [6.07, 6.45) is 0. The zero-order chi connectivity index (χ0) is 16.3. The van der Waals surface area contributed by atoms with Crippen LogP contribution in [0.2, 0.25) is 0 Å². The van der Waals surface area contributed by atoms with E-state index in [-0.39, 0.29) is 0 Å². The molecule has 2 heterocycles. The maximum absolute atomic E-state index is 13.0. The molecule has 0 atom stereocenters. The molecule has 0 radical (unpaired) electrons. The maximum Gasteiger partial charge on any atom is 0.243 e. The van der Waals surface area contributed by atoms with Gasteiger partial charge in [0.1, 0.15) is 0 Å². The quantitative estimate of drug-likeness (QED) is 0.556. The van der Waals surface area contributed by atoms with E-state index in [2.05, 4.69) is 15.9 Å². The Balaban J connectivity index is 1.93. The third-order valence-electron chi connectivity index (χ3n) is 3.28. The van der Waals surface area contributed by atoms with Crippen LogP contribution in [0.3, 0.4) is 0 Å². The van der Waals surface area contributed by atoms with Gasteiger partial charge in [-0.05, 0) is 47.2 Å². The first-order valence-corrected chi connectivity index (χ1v) is 10.9. The molecule has 2 aromatic heterocycles. The van der Waals surface area contributed by atoms with Crippen molar-refractivity contribution in [3.05, 3.63) is 73.5 Å². The van der Waals surface area contributed by atoms with Crippen LogP contribution in [-0.2, 0) is 23.1 Å². The molecule has 1 aromatic carbocycles. The second-order valence-electron chi connectivity index (χ2n) is 4.89. The van der Waals surface area contributed by atoms with E-state index in [0.717, 1.165) is 14.2 Å². The minimum absolute atomic E-state index is 0.314. The molecule has 120 valence electrons. The fourth-order valence-corrected chi connectivity index (χ4v) is 5.40. The van der Waals surface area contributed by atoms with E-state index in [4.69, 9.17) is 0 Å². The highest BCUT2D eigenvalue weighted by Gasteiger charge is 2.25. The number of sulfonamides is 1. The number of benzene rings is 1. The van der Waals surface area contributed by atoms with E-state index in [1.165, 1.54) is 4.31 Å². The first kappa shape index (κ1) is 16.9. The van der Waals surface area contributed by atoms with Crippen molar-refractivity contribution >= 4 is 48.6 Å². The summed E-state index contributed by atoms with van der Waals surface area (Å²) in [5.41, 5.74) is 0. The Bertz CT molecular complexity index is 805. The van der Waals surface area contributed by atoms with Gasteiger partial charge in [-0.2, -0.15) is 4.31 Å². The average Bonchev–Trinajstić information content (AvgIpc) is 3.20. The number of hydrogen-bond donors (Lipinski definition) is 0. The van der Waals surface area contributed by atoms with Gasteiger partial charge in [0.05, 0.1) is 4.90 Å². The number of halogens is 1. The molecule has 3 nitrogen and oxygen atoms in total. The summed E-state index contributed by atoms with van der Waals surface area (Å²) < 4.78 is 28.4. The van der Waals surface area contributed by atoms with Gasteiger partial charge in [0, 0.05) is 27.3 Å². The van der Waals surface area contributed by atoms with Gasteiger partial charge < -0.3 is 0 Å². The van der Waals surface area contributed by atoms with Crippen LogP contribution in [0.4, 0.5) is 0 Å². The van der Waals surface area contributed by atoms with Crippen molar-refractivity contribution in [3.63, 3.8) is 0 Å². The molecule has 23 heavy (non-hydrogen) atoms. The fourth-order valence-electron chi connectivity index (χ4n) is 2.13. The molecule has 0 N–H and O–H groups in total. The first-order chi connectivity index (χ1) is 11.1. The van der Waals surface area contributed by atoms with Crippen molar-refractivity contribution in [2.75, 3.05) is 0 Å². The molecular weight excluding hydrogens is 414 g/mol. The molecule has 0 aliphatic rings. The SMILES string of the molecule is O=S(=O)(c1ccc(Br)cc1)N(Cc1cccs1)Cc1cccs1. The van der Waals surface area contributed by atoms with Crippen LogP contribution >= 0.6 is 38.6 Å². The zero-order valence-electron chi connectivity index (χ0n) is 12.1. The van der Waals surface area contributed by atoms with Crippen molar-refractivity contribution in [1.29, 1.82) is 0 Å². The highest BCUT2D eigenvalue weighted by Crippen LogP contribution is 2.25. The Morgan fingerprint density at radius 1 is 0.870 bits per heavy atom. The van der Waals surface area contributed by atoms with Gasteiger partial charge in [-0.1, -0.05) is 28.1 Å². The summed E-state index contributed by atoms with van der Waals surface area (Å²) in [7, 11) is -3.54. The monoisotopic (exact) mass is 427 g/mol. The van der Waals surface area contributed by atoms with E-state index < -0.39 is 10.0 Å². The predicted molar refractivity (Wildman–Crippen MR) is 99.2 cm³/mol. The molecule has 0 saturated carbocycles. The third-order valence-corrected chi connectivity index (χ3v) is 7.33. The van der Waals surface area contributed by atoms with Gasteiger partial charge in [0.2, 0.25) is 10.0 Å². The molecule has 3 aromatic rings. The lowest BCUT2D eigenvalue weighted by Gasteiger charge is -2.21. The van der Waals surface area contributed by atoms with E-state index in [1.807, 2.05) is 35.0 Å². The summed E-state index contributed by atoms with van der Waals surface area (Å²) >= 11 is 6.48. The highest BCUT2D eigenvalue weighted by atomic mass is 79.9. The van der Waals surface area contributed by atoms with Crippen molar-refractivity contribution < 1.29 is 8.42 Å². The highest BCUT2D eigenvalue weighted by molar-refractivity contribution is 9.10. The summed E-state index contributed by atoms with van der Waals surface area (Å²) in [5, 5.41) is 3.93. The smallest absolute Gasteiger partial charge is 0.207 e. The van der Waals surface area contributed by atoms with Crippen LogP contribution in [0, 0.1) is 0 Å². The van der Waals surface area contributed by atoms with Gasteiger partial charge in [0.25, 0.3) is 0 Å². The Morgan fingerprint density at radius 2 is 1.39 bits per heavy atom. The Labute approximate surface area is 152 Å². The molecule has 0 unspecified atom stereocenters. The van der Waals surface area contributed by atoms with Crippen molar-refractivity contribution in [2.24, 2.45) is 0 Å². The van der Waals surface area contributed by atoms with Crippen LogP contribution in [0.15, 0.2) is 68.7 Å². The van der Waals surface area contributed by atoms with Gasteiger partial charge in [-0.15, -0.1) is 22.7 Å². The molecule has 0 bridgehead atoms. The normalized spacial score (nSPS) is 11.9. The molecule has 3 rings (SSSR count). The van der Waals surface area contributed by atoms with Crippen LogP contribution in [0.25, 0.3) is 0 Å². The van der Waals surface area contributed by atoms with E-state index in [1.54, 1.807) is 46.9 Å². The molecule has 7 heteroatoms. The lowest BCUT2D eigenvalue weighted by molar-refractivity contribution is 0.407. The van der Waals surface area contributed by atoms with Gasteiger partial charge in [0.15, 0.2) is 0 Å². The van der Waals surface area contributed by atoms with E-state index >= 15 is 0 Å². The first-order valence-electron chi connectivity index (χ1n) is 6.86. The standard InChI is InChI=1S/C16H14BrNO2S3/c17-13-5-7-16(8-6-13)23(19,20)18(11-14-3-1-9-21-14)12-15-4-2-10-22-15/h1-10H,11-12H2. The molecule has 0 saturated heterocycles. The molecule has 0 aliphatic carbocycles. The van der Waals surface area contributed by atoms with E-state index in [9.17, 15) is 8.42 Å². The molecule has 0 spiro atoms. The minimum atomic E-state index is -3.54. The Hall–Kier alpha value is -0.990. The molecular formula is C16H14BrNO2S3. The maximum atomic E-state index is 13.0. The van der Waals surface area contributed by atoms with Gasteiger partial charge in [-0.25, -0.2) is 8.42 Å². The van der Waals surface area contributed by atoms with Gasteiger partial charge >= 0.3 is 0 Å². The van der Waals surface area contributed by atoms with Crippen LogP contribution in [0.5, 0.6) is 0 Å². The zero-order valence-corrected chi connectivity index (χ0v) is 16.1. The lowest BCUT2D eigenvalue weighted by atomic mass is 10.4. The molecule has 0 fully saturated rings. The van der Waals surface area contributed by atoms with Crippen molar-refractivity contribution in [1.82, 2.24) is 4.31 Å². The number of hydrogen-bond acceptors (Lipinski definition) is 4. The second-order valence-corrected chi connectivity index (χ2v) is 9.80. The third kappa shape index (κ3) is 4.10. The molecule has 0 aliphatic heterocycles. The van der Waals surface area contributed by atoms with Crippen molar-refractivity contribution in [3.8, 4) is 0 Å². The van der Waals surface area contributed by atoms with Crippen LogP contribution in [0.1, 0.15) is 9.75 Å². The lowest BCUT2D eigenvalue weighted by Crippen LogP contribution is -2.29. The Morgan fingerprint density at radius 3 is 1.83 bits per heavy atom. The number of nitrogens with zero attached hydrogens (tertiary/aromatic N) is 1. The minimum Gasteiger partial charge on any atom is -0.207 e. The summed E-state index contributed by atoms with van der Waals surface area (Å²) in [5.74, 6) is 0. The second kappa shape index (κ2) is 7.27.